The SMILES string of the molecule is C=C/C(C)=C\C=C\N(CCCC)CCCC. The molecule has 0 aromatic rings. The highest BCUT2D eigenvalue weighted by atomic mass is 15.1. The number of rotatable bonds is 9. The average molecular weight is 221 g/mol. The van der Waals surface area contributed by atoms with Gasteiger partial charge in [0, 0.05) is 13.1 Å². The number of allylic oxidation sites excluding steroid dienone is 4. The zero-order valence-electron chi connectivity index (χ0n) is 11.2. The van der Waals surface area contributed by atoms with Crippen LogP contribution in [0.4, 0.5) is 0 Å². The standard InChI is InChI=1S/C15H27N/c1-5-8-12-16(13-9-6-2)14-10-11-15(4)7-3/h7,10-11,14H,3,5-6,8-9,12-13H2,1-2,4H3/b14-10+,15-11-. The third kappa shape index (κ3) is 8.34. The Morgan fingerprint density at radius 3 is 2.12 bits per heavy atom. The quantitative estimate of drug-likeness (QED) is 0.517. The minimum absolute atomic E-state index is 1.17. The van der Waals surface area contributed by atoms with Gasteiger partial charge in [-0.1, -0.05) is 51.0 Å². The molecule has 16 heavy (non-hydrogen) atoms. The first-order valence-corrected chi connectivity index (χ1v) is 6.46. The van der Waals surface area contributed by atoms with Gasteiger partial charge >= 0.3 is 0 Å². The molecule has 0 unspecified atom stereocenters. The van der Waals surface area contributed by atoms with E-state index < -0.39 is 0 Å². The third-order valence-electron chi connectivity index (χ3n) is 2.58. The van der Waals surface area contributed by atoms with Crippen molar-refractivity contribution < 1.29 is 0 Å². The summed E-state index contributed by atoms with van der Waals surface area (Å²) in [5, 5.41) is 0. The minimum Gasteiger partial charge on any atom is -0.377 e. The highest BCUT2D eigenvalue weighted by molar-refractivity contribution is 5.19. The lowest BCUT2D eigenvalue weighted by Crippen LogP contribution is -2.19. The van der Waals surface area contributed by atoms with Gasteiger partial charge in [-0.05, 0) is 32.0 Å². The molecule has 0 aliphatic heterocycles. The molecule has 0 amide bonds. The zero-order chi connectivity index (χ0) is 12.2. The van der Waals surface area contributed by atoms with E-state index in [4.69, 9.17) is 0 Å². The molecule has 0 rings (SSSR count). The van der Waals surface area contributed by atoms with Crippen LogP contribution in [0.3, 0.4) is 0 Å². The fraction of sp³-hybridized carbons (Fsp3) is 0.600. The summed E-state index contributed by atoms with van der Waals surface area (Å²) in [6, 6.07) is 0. The first-order chi connectivity index (χ1) is 7.74. The topological polar surface area (TPSA) is 3.24 Å². The van der Waals surface area contributed by atoms with Crippen molar-refractivity contribution in [2.75, 3.05) is 13.1 Å². The van der Waals surface area contributed by atoms with Crippen molar-refractivity contribution in [3.8, 4) is 0 Å². The first kappa shape index (κ1) is 15.0. The lowest BCUT2D eigenvalue weighted by atomic mass is 10.2. The van der Waals surface area contributed by atoms with E-state index in [1.54, 1.807) is 0 Å². The summed E-state index contributed by atoms with van der Waals surface area (Å²) in [6.45, 7) is 12.6. The zero-order valence-corrected chi connectivity index (χ0v) is 11.2. The minimum atomic E-state index is 1.17. The van der Waals surface area contributed by atoms with E-state index in [1.165, 1.54) is 44.3 Å². The highest BCUT2D eigenvalue weighted by Gasteiger charge is 1.96. The van der Waals surface area contributed by atoms with Gasteiger partial charge in [0.2, 0.25) is 0 Å². The molecule has 0 aromatic heterocycles. The second kappa shape index (κ2) is 10.5. The van der Waals surface area contributed by atoms with Crippen LogP contribution in [0.25, 0.3) is 0 Å². The van der Waals surface area contributed by atoms with Gasteiger partial charge < -0.3 is 4.90 Å². The van der Waals surface area contributed by atoms with Crippen molar-refractivity contribution >= 4 is 0 Å². The molecule has 1 heteroatoms. The van der Waals surface area contributed by atoms with Crippen molar-refractivity contribution in [3.05, 3.63) is 36.6 Å². The molecule has 0 heterocycles. The van der Waals surface area contributed by atoms with Crippen molar-refractivity contribution in [1.29, 1.82) is 0 Å². The summed E-state index contributed by atoms with van der Waals surface area (Å²) in [6.07, 6.45) is 13.4. The van der Waals surface area contributed by atoms with Gasteiger partial charge in [0.25, 0.3) is 0 Å². The van der Waals surface area contributed by atoms with Gasteiger partial charge in [-0.25, -0.2) is 0 Å². The lowest BCUT2D eigenvalue weighted by Gasteiger charge is -2.19. The largest absolute Gasteiger partial charge is 0.377 e. The van der Waals surface area contributed by atoms with Gasteiger partial charge in [-0.3, -0.25) is 0 Å². The second-order valence-corrected chi connectivity index (χ2v) is 4.20. The molecule has 0 spiro atoms. The third-order valence-corrected chi connectivity index (χ3v) is 2.58. The molecular formula is C15H27N. The molecule has 0 saturated carbocycles. The van der Waals surface area contributed by atoms with Gasteiger partial charge in [-0.15, -0.1) is 0 Å². The van der Waals surface area contributed by atoms with Crippen LogP contribution in [0.5, 0.6) is 0 Å². The monoisotopic (exact) mass is 221 g/mol. The summed E-state index contributed by atoms with van der Waals surface area (Å²) in [4.78, 5) is 2.42. The lowest BCUT2D eigenvalue weighted by molar-refractivity contribution is 0.360. The number of hydrogen-bond donors (Lipinski definition) is 0. The van der Waals surface area contributed by atoms with Crippen LogP contribution < -0.4 is 0 Å². The van der Waals surface area contributed by atoms with E-state index in [0.717, 1.165) is 0 Å². The number of nitrogens with zero attached hydrogens (tertiary/aromatic N) is 1. The predicted molar refractivity (Wildman–Crippen MR) is 74.5 cm³/mol. The smallest absolute Gasteiger partial charge is 0.0172 e. The fourth-order valence-corrected chi connectivity index (χ4v) is 1.37. The molecule has 92 valence electrons. The van der Waals surface area contributed by atoms with Crippen LogP contribution in [-0.4, -0.2) is 18.0 Å². The summed E-state index contributed by atoms with van der Waals surface area (Å²) in [7, 11) is 0. The molecule has 0 atom stereocenters. The van der Waals surface area contributed by atoms with Crippen LogP contribution in [-0.2, 0) is 0 Å². The Morgan fingerprint density at radius 2 is 1.69 bits per heavy atom. The van der Waals surface area contributed by atoms with E-state index >= 15 is 0 Å². The van der Waals surface area contributed by atoms with Crippen LogP contribution in [0.2, 0.25) is 0 Å². The Morgan fingerprint density at radius 1 is 1.12 bits per heavy atom. The molecule has 0 aliphatic carbocycles. The van der Waals surface area contributed by atoms with E-state index in [9.17, 15) is 0 Å². The van der Waals surface area contributed by atoms with Crippen LogP contribution in [0.15, 0.2) is 36.6 Å². The highest BCUT2D eigenvalue weighted by Crippen LogP contribution is 2.01. The van der Waals surface area contributed by atoms with E-state index in [-0.39, 0.29) is 0 Å². The summed E-state index contributed by atoms with van der Waals surface area (Å²) >= 11 is 0. The van der Waals surface area contributed by atoms with Gasteiger partial charge in [0.15, 0.2) is 0 Å². The Balaban J connectivity index is 4.11. The average Bonchev–Trinajstić information content (AvgIpc) is 2.31. The Bertz CT molecular complexity index is 218. The first-order valence-electron chi connectivity index (χ1n) is 6.46. The summed E-state index contributed by atoms with van der Waals surface area (Å²) in [5.74, 6) is 0. The van der Waals surface area contributed by atoms with Gasteiger partial charge in [0.1, 0.15) is 0 Å². The van der Waals surface area contributed by atoms with E-state index in [0.29, 0.717) is 0 Å². The Kier molecular flexibility index (Phi) is 9.89. The number of unbranched alkanes of at least 4 members (excludes halogenated alkanes) is 2. The molecular weight excluding hydrogens is 194 g/mol. The molecule has 1 nitrogen and oxygen atoms in total. The molecule has 0 aliphatic rings. The van der Waals surface area contributed by atoms with Crippen LogP contribution in [0, 0.1) is 0 Å². The summed E-state index contributed by atoms with van der Waals surface area (Å²) in [5.41, 5.74) is 1.21. The molecule has 0 aromatic carbocycles. The predicted octanol–water partition coefficient (Wildman–Crippen LogP) is 4.53. The molecule has 0 bridgehead atoms. The maximum atomic E-state index is 3.74. The second-order valence-electron chi connectivity index (χ2n) is 4.20. The normalized spacial score (nSPS) is 12.1. The van der Waals surface area contributed by atoms with Crippen molar-refractivity contribution in [2.24, 2.45) is 0 Å². The van der Waals surface area contributed by atoms with E-state index in [2.05, 4.69) is 50.6 Å². The number of hydrogen-bond acceptors (Lipinski definition) is 1. The molecule has 0 fully saturated rings. The van der Waals surface area contributed by atoms with Gasteiger partial charge in [-0.2, -0.15) is 0 Å². The van der Waals surface area contributed by atoms with Crippen LogP contribution >= 0.6 is 0 Å². The Labute approximate surface area is 102 Å². The van der Waals surface area contributed by atoms with Crippen molar-refractivity contribution in [2.45, 2.75) is 46.5 Å². The summed E-state index contributed by atoms with van der Waals surface area (Å²) < 4.78 is 0. The van der Waals surface area contributed by atoms with E-state index in [1.807, 2.05) is 6.08 Å². The van der Waals surface area contributed by atoms with Crippen molar-refractivity contribution in [3.63, 3.8) is 0 Å². The molecule has 0 radical (unpaired) electrons. The maximum Gasteiger partial charge on any atom is 0.0172 e. The Hall–Kier alpha value is -0.980. The molecule has 0 saturated heterocycles. The fourth-order valence-electron chi connectivity index (χ4n) is 1.37. The molecule has 0 N–H and O–H groups in total. The van der Waals surface area contributed by atoms with Crippen LogP contribution in [0.1, 0.15) is 46.5 Å². The van der Waals surface area contributed by atoms with Crippen molar-refractivity contribution in [1.82, 2.24) is 4.90 Å². The maximum absolute atomic E-state index is 3.74. The van der Waals surface area contributed by atoms with Gasteiger partial charge in [0.05, 0.1) is 0 Å².